The van der Waals surface area contributed by atoms with Crippen LogP contribution in [0, 0.1) is 6.92 Å². The minimum Gasteiger partial charge on any atom is -0.347 e. The second-order valence-corrected chi connectivity index (χ2v) is 7.91. The van der Waals surface area contributed by atoms with Gasteiger partial charge < -0.3 is 14.4 Å². The van der Waals surface area contributed by atoms with Crippen LogP contribution in [-0.2, 0) is 19.4 Å². The first-order valence-corrected chi connectivity index (χ1v) is 10.2. The van der Waals surface area contributed by atoms with Gasteiger partial charge in [-0.05, 0) is 52.3 Å². The van der Waals surface area contributed by atoms with E-state index >= 15 is 0 Å². The zero-order chi connectivity index (χ0) is 20.1. The molecule has 0 radical (unpaired) electrons. The molecule has 0 spiro atoms. The van der Waals surface area contributed by atoms with E-state index in [0.29, 0.717) is 12.0 Å². The number of rotatable bonds is 7. The molecule has 2 aromatic rings. The minimum absolute atomic E-state index is 0.0934. The van der Waals surface area contributed by atoms with Crippen molar-refractivity contribution in [2.75, 3.05) is 33.7 Å². The van der Waals surface area contributed by atoms with Crippen molar-refractivity contribution >= 4 is 5.91 Å². The Kier molecular flexibility index (Phi) is 6.68. The van der Waals surface area contributed by atoms with Crippen molar-refractivity contribution < 1.29 is 4.79 Å². The lowest BCUT2D eigenvalue weighted by Crippen LogP contribution is -2.35. The molecule has 5 nitrogen and oxygen atoms in total. The van der Waals surface area contributed by atoms with Gasteiger partial charge in [-0.1, -0.05) is 30.3 Å². The Bertz CT molecular complexity index is 865. The molecular weight excluding hydrogens is 350 g/mol. The number of likely N-dealkylation sites (N-methyl/N-ethyl adjacent to an activating group) is 1. The highest BCUT2D eigenvalue weighted by atomic mass is 16.2. The van der Waals surface area contributed by atoms with Crippen LogP contribution in [0.1, 0.15) is 40.2 Å². The topological polar surface area (TPSA) is 45.6 Å². The number of hydrogen-bond donors (Lipinski definition) is 0. The molecule has 1 aromatic heterocycles. The minimum atomic E-state index is -0.140. The van der Waals surface area contributed by atoms with Gasteiger partial charge in [0.25, 0.3) is 5.91 Å². The van der Waals surface area contributed by atoms with Crippen LogP contribution in [0.3, 0.4) is 0 Å². The van der Waals surface area contributed by atoms with Crippen molar-refractivity contribution in [3.63, 3.8) is 0 Å². The molecule has 1 amide bonds. The Morgan fingerprint density at radius 2 is 1.75 bits per heavy atom. The van der Waals surface area contributed by atoms with Crippen molar-refractivity contribution in [1.29, 1.82) is 0 Å². The van der Waals surface area contributed by atoms with Crippen LogP contribution in [0.2, 0.25) is 0 Å². The molecule has 0 unspecified atom stereocenters. The molecule has 3 rings (SSSR count). The van der Waals surface area contributed by atoms with E-state index in [9.17, 15) is 9.59 Å². The maximum Gasteiger partial charge on any atom is 0.259 e. The molecule has 1 fully saturated rings. The average molecular weight is 382 g/mol. The van der Waals surface area contributed by atoms with E-state index in [4.69, 9.17) is 0 Å². The average Bonchev–Trinajstić information content (AvgIpc) is 3.20. The molecule has 0 saturated carbocycles. The number of aromatic nitrogens is 1. The van der Waals surface area contributed by atoms with Crippen LogP contribution in [0.4, 0.5) is 0 Å². The number of amides is 1. The van der Waals surface area contributed by atoms with E-state index in [1.165, 1.54) is 5.56 Å². The first-order valence-electron chi connectivity index (χ1n) is 10.2. The SMILES string of the molecule is Cc1cc(=O)c(C(=O)N2CCCC2)c(CCc2ccccc2)n1CCN(C)C. The number of likely N-dealkylation sites (tertiary alicyclic amines) is 1. The third-order valence-electron chi connectivity index (χ3n) is 5.50. The standard InChI is InChI=1S/C23H31N3O2/c1-18-17-21(27)22(23(28)25-13-7-8-14-25)20(26(18)16-15-24(2)3)12-11-19-9-5-4-6-10-19/h4-6,9-10,17H,7-8,11-16H2,1-3H3. The van der Waals surface area contributed by atoms with E-state index in [1.807, 2.05) is 44.1 Å². The summed E-state index contributed by atoms with van der Waals surface area (Å²) in [6.07, 6.45) is 3.53. The summed E-state index contributed by atoms with van der Waals surface area (Å²) < 4.78 is 2.17. The molecule has 0 atom stereocenters. The Morgan fingerprint density at radius 1 is 1.07 bits per heavy atom. The Balaban J connectivity index is 2.01. The second-order valence-electron chi connectivity index (χ2n) is 7.91. The van der Waals surface area contributed by atoms with Crippen molar-refractivity contribution in [2.24, 2.45) is 0 Å². The van der Waals surface area contributed by atoms with Gasteiger partial charge in [0, 0.05) is 43.6 Å². The molecule has 0 aliphatic carbocycles. The number of hydrogen-bond acceptors (Lipinski definition) is 3. The molecule has 150 valence electrons. The summed E-state index contributed by atoms with van der Waals surface area (Å²) in [4.78, 5) is 30.1. The summed E-state index contributed by atoms with van der Waals surface area (Å²) in [6, 6.07) is 11.9. The molecule has 1 saturated heterocycles. The smallest absolute Gasteiger partial charge is 0.259 e. The van der Waals surface area contributed by atoms with Crippen molar-refractivity contribution in [3.8, 4) is 0 Å². The van der Waals surface area contributed by atoms with Gasteiger partial charge in [0.05, 0.1) is 0 Å². The molecule has 28 heavy (non-hydrogen) atoms. The number of aryl methyl sites for hydroxylation is 2. The molecule has 1 aromatic carbocycles. The van der Waals surface area contributed by atoms with Crippen molar-refractivity contribution in [2.45, 2.75) is 39.2 Å². The zero-order valence-electron chi connectivity index (χ0n) is 17.3. The summed E-state index contributed by atoms with van der Waals surface area (Å²) in [5.74, 6) is -0.0934. The van der Waals surface area contributed by atoms with E-state index < -0.39 is 0 Å². The van der Waals surface area contributed by atoms with Gasteiger partial charge in [-0.15, -0.1) is 0 Å². The van der Waals surface area contributed by atoms with Crippen LogP contribution >= 0.6 is 0 Å². The van der Waals surface area contributed by atoms with Gasteiger partial charge in [0.15, 0.2) is 5.43 Å². The third-order valence-corrected chi connectivity index (χ3v) is 5.50. The van der Waals surface area contributed by atoms with Crippen LogP contribution in [0.15, 0.2) is 41.2 Å². The third kappa shape index (κ3) is 4.71. The fourth-order valence-corrected chi connectivity index (χ4v) is 3.92. The van der Waals surface area contributed by atoms with Crippen molar-refractivity contribution in [1.82, 2.24) is 14.4 Å². The van der Waals surface area contributed by atoms with Gasteiger partial charge in [-0.3, -0.25) is 9.59 Å². The largest absolute Gasteiger partial charge is 0.347 e. The summed E-state index contributed by atoms with van der Waals surface area (Å²) in [5.41, 5.74) is 3.26. The van der Waals surface area contributed by atoms with Crippen LogP contribution in [0.25, 0.3) is 0 Å². The first kappa shape index (κ1) is 20.3. The molecule has 0 N–H and O–H groups in total. The second kappa shape index (κ2) is 9.20. The lowest BCUT2D eigenvalue weighted by molar-refractivity contribution is 0.0789. The van der Waals surface area contributed by atoms with E-state index in [-0.39, 0.29) is 11.3 Å². The van der Waals surface area contributed by atoms with Gasteiger partial charge in [-0.2, -0.15) is 0 Å². The van der Waals surface area contributed by atoms with Gasteiger partial charge in [0.1, 0.15) is 5.56 Å². The van der Waals surface area contributed by atoms with E-state index in [1.54, 1.807) is 6.07 Å². The molecule has 5 heteroatoms. The predicted molar refractivity (Wildman–Crippen MR) is 113 cm³/mol. The summed E-state index contributed by atoms with van der Waals surface area (Å²) in [6.45, 7) is 5.10. The first-order chi connectivity index (χ1) is 13.5. The zero-order valence-corrected chi connectivity index (χ0v) is 17.3. The monoisotopic (exact) mass is 381 g/mol. The maximum absolute atomic E-state index is 13.2. The maximum atomic E-state index is 13.2. The van der Waals surface area contributed by atoms with Crippen LogP contribution in [0.5, 0.6) is 0 Å². The predicted octanol–water partition coefficient (Wildman–Crippen LogP) is 2.74. The fourth-order valence-electron chi connectivity index (χ4n) is 3.92. The van der Waals surface area contributed by atoms with Crippen molar-refractivity contribution in [3.05, 3.63) is 69.1 Å². The molecule has 1 aliphatic rings. The van der Waals surface area contributed by atoms with Crippen LogP contribution in [-0.4, -0.2) is 54.0 Å². The Morgan fingerprint density at radius 3 is 2.39 bits per heavy atom. The number of nitrogens with zero attached hydrogens (tertiary/aromatic N) is 3. The van der Waals surface area contributed by atoms with Gasteiger partial charge in [-0.25, -0.2) is 0 Å². The van der Waals surface area contributed by atoms with Crippen LogP contribution < -0.4 is 5.43 Å². The molecule has 1 aliphatic heterocycles. The quantitative estimate of drug-likeness (QED) is 0.741. The summed E-state index contributed by atoms with van der Waals surface area (Å²) >= 11 is 0. The summed E-state index contributed by atoms with van der Waals surface area (Å²) in [5, 5.41) is 0. The van der Waals surface area contributed by atoms with E-state index in [2.05, 4.69) is 21.6 Å². The number of carbonyl (C=O) groups is 1. The Labute approximate surface area is 167 Å². The van der Waals surface area contributed by atoms with Gasteiger partial charge >= 0.3 is 0 Å². The van der Waals surface area contributed by atoms with E-state index in [0.717, 1.165) is 56.8 Å². The lowest BCUT2D eigenvalue weighted by Gasteiger charge is -2.24. The Hall–Kier alpha value is -2.40. The fraction of sp³-hybridized carbons (Fsp3) is 0.478. The molecule has 2 heterocycles. The number of carbonyl (C=O) groups excluding carboxylic acids is 1. The number of benzene rings is 1. The summed E-state index contributed by atoms with van der Waals surface area (Å²) in [7, 11) is 4.08. The van der Waals surface area contributed by atoms with Gasteiger partial charge in [0.2, 0.25) is 0 Å². The highest BCUT2D eigenvalue weighted by Crippen LogP contribution is 2.18. The molecule has 0 bridgehead atoms. The lowest BCUT2D eigenvalue weighted by atomic mass is 10.0. The normalized spacial score (nSPS) is 14.1. The molecular formula is C23H31N3O2. The highest BCUT2D eigenvalue weighted by Gasteiger charge is 2.26. The highest BCUT2D eigenvalue weighted by molar-refractivity contribution is 5.95. The number of pyridine rings is 1.